The summed E-state index contributed by atoms with van der Waals surface area (Å²) in [6.45, 7) is 3.89. The lowest BCUT2D eigenvalue weighted by atomic mass is 10.2. The van der Waals surface area contributed by atoms with Gasteiger partial charge in [-0.25, -0.2) is 0 Å². The second-order valence-electron chi connectivity index (χ2n) is 7.30. The Hall–Kier alpha value is -4.31. The molecule has 4 rings (SSSR count). The number of benzene rings is 2. The standard InChI is InChI=1S/C24H20N4O3/c1-15(2)31-20-9-7-19(8-10-20)28-22(29)11-6-17-13-21(27-23(17)28)24(30)26-18-5-3-4-16(12-18)14-25/h3-13,15,27H,1-2H3,(H,26,30). The van der Waals surface area contributed by atoms with Crippen LogP contribution in [0.5, 0.6) is 5.75 Å². The minimum atomic E-state index is -0.369. The van der Waals surface area contributed by atoms with E-state index in [0.29, 0.717) is 34.0 Å². The first-order valence-electron chi connectivity index (χ1n) is 9.78. The third-order valence-electron chi connectivity index (χ3n) is 4.64. The molecule has 2 aromatic heterocycles. The van der Waals surface area contributed by atoms with E-state index in [1.54, 1.807) is 60.7 Å². The highest BCUT2D eigenvalue weighted by Crippen LogP contribution is 2.21. The smallest absolute Gasteiger partial charge is 0.272 e. The Morgan fingerprint density at radius 3 is 2.58 bits per heavy atom. The number of carbonyl (C=O) groups excluding carboxylic acids is 1. The van der Waals surface area contributed by atoms with Crippen LogP contribution in [0.2, 0.25) is 0 Å². The number of nitriles is 1. The molecule has 0 aliphatic heterocycles. The Balaban J connectivity index is 1.69. The number of hydrogen-bond acceptors (Lipinski definition) is 4. The molecule has 4 aromatic rings. The molecule has 0 saturated heterocycles. The van der Waals surface area contributed by atoms with E-state index in [4.69, 9.17) is 10.00 Å². The van der Waals surface area contributed by atoms with Gasteiger partial charge in [0.25, 0.3) is 11.5 Å². The lowest BCUT2D eigenvalue weighted by molar-refractivity contribution is 0.102. The van der Waals surface area contributed by atoms with Gasteiger partial charge in [-0.05, 0) is 68.4 Å². The Kier molecular flexibility index (Phi) is 5.29. The normalized spacial score (nSPS) is 10.8. The lowest BCUT2D eigenvalue weighted by Gasteiger charge is -2.11. The second-order valence-corrected chi connectivity index (χ2v) is 7.30. The molecule has 1 amide bonds. The lowest BCUT2D eigenvalue weighted by Crippen LogP contribution is -2.17. The van der Waals surface area contributed by atoms with Crippen LogP contribution < -0.4 is 15.6 Å². The van der Waals surface area contributed by atoms with Crippen LogP contribution in [0.4, 0.5) is 5.69 Å². The third kappa shape index (κ3) is 4.19. The summed E-state index contributed by atoms with van der Waals surface area (Å²) in [5.41, 5.74) is 2.22. The Labute approximate surface area is 178 Å². The maximum Gasteiger partial charge on any atom is 0.272 e. The number of pyridine rings is 1. The fourth-order valence-corrected chi connectivity index (χ4v) is 3.31. The number of amides is 1. The molecule has 31 heavy (non-hydrogen) atoms. The van der Waals surface area contributed by atoms with Crippen molar-refractivity contribution in [2.75, 3.05) is 5.32 Å². The highest BCUT2D eigenvalue weighted by atomic mass is 16.5. The molecule has 2 N–H and O–H groups in total. The minimum Gasteiger partial charge on any atom is -0.491 e. The summed E-state index contributed by atoms with van der Waals surface area (Å²) in [5.74, 6) is 0.344. The predicted octanol–water partition coefficient (Wildman–Crippen LogP) is 4.23. The van der Waals surface area contributed by atoms with E-state index in [1.165, 1.54) is 10.6 Å². The topological polar surface area (TPSA) is 99.9 Å². The van der Waals surface area contributed by atoms with E-state index >= 15 is 0 Å². The van der Waals surface area contributed by atoms with Crippen molar-refractivity contribution in [1.29, 1.82) is 5.26 Å². The van der Waals surface area contributed by atoms with E-state index in [9.17, 15) is 9.59 Å². The van der Waals surface area contributed by atoms with Gasteiger partial charge in [-0.2, -0.15) is 5.26 Å². The molecule has 7 heteroatoms. The van der Waals surface area contributed by atoms with E-state index in [-0.39, 0.29) is 17.6 Å². The second kappa shape index (κ2) is 8.20. The molecule has 2 heterocycles. The number of fused-ring (bicyclic) bond motifs is 1. The molecule has 0 bridgehead atoms. The van der Waals surface area contributed by atoms with Gasteiger partial charge in [0.1, 0.15) is 17.1 Å². The SMILES string of the molecule is CC(C)Oc1ccc(-n2c(=O)ccc3cc(C(=O)Nc4cccc(C#N)c4)[nH]c32)cc1. The summed E-state index contributed by atoms with van der Waals surface area (Å²) in [6, 6.07) is 20.7. The molecule has 0 aliphatic rings. The summed E-state index contributed by atoms with van der Waals surface area (Å²) in [4.78, 5) is 28.4. The number of ether oxygens (including phenoxy) is 1. The maximum atomic E-state index is 12.7. The van der Waals surface area contributed by atoms with Crippen LogP contribution in [-0.2, 0) is 0 Å². The summed E-state index contributed by atoms with van der Waals surface area (Å²) in [5, 5.41) is 12.5. The quantitative estimate of drug-likeness (QED) is 0.512. The molecule has 0 atom stereocenters. The van der Waals surface area contributed by atoms with Crippen molar-refractivity contribution in [1.82, 2.24) is 9.55 Å². The van der Waals surface area contributed by atoms with Crippen LogP contribution >= 0.6 is 0 Å². The summed E-state index contributed by atoms with van der Waals surface area (Å²) >= 11 is 0. The molecule has 154 valence electrons. The van der Waals surface area contributed by atoms with Gasteiger partial charge < -0.3 is 15.0 Å². The maximum absolute atomic E-state index is 12.7. The van der Waals surface area contributed by atoms with Gasteiger partial charge in [-0.1, -0.05) is 6.07 Å². The molecule has 0 fully saturated rings. The van der Waals surface area contributed by atoms with E-state index < -0.39 is 0 Å². The number of rotatable bonds is 5. The number of anilines is 1. The van der Waals surface area contributed by atoms with Crippen LogP contribution in [0.25, 0.3) is 16.7 Å². The average Bonchev–Trinajstić information content (AvgIpc) is 3.19. The molecule has 0 unspecified atom stereocenters. The Morgan fingerprint density at radius 2 is 1.87 bits per heavy atom. The van der Waals surface area contributed by atoms with Crippen LogP contribution in [0, 0.1) is 11.3 Å². The highest BCUT2D eigenvalue weighted by Gasteiger charge is 2.14. The van der Waals surface area contributed by atoms with Gasteiger partial charge in [0, 0.05) is 17.1 Å². The first-order valence-corrected chi connectivity index (χ1v) is 9.78. The third-order valence-corrected chi connectivity index (χ3v) is 4.64. The van der Waals surface area contributed by atoms with Crippen LogP contribution in [0.1, 0.15) is 29.9 Å². The van der Waals surface area contributed by atoms with E-state index in [0.717, 1.165) is 5.39 Å². The number of aromatic nitrogens is 2. The molecule has 2 aromatic carbocycles. The Bertz CT molecular complexity index is 1360. The zero-order chi connectivity index (χ0) is 22.0. The number of nitrogens with zero attached hydrogens (tertiary/aromatic N) is 2. The summed E-state index contributed by atoms with van der Waals surface area (Å²) in [7, 11) is 0. The number of aromatic amines is 1. The Morgan fingerprint density at radius 1 is 1.10 bits per heavy atom. The van der Waals surface area contributed by atoms with Gasteiger partial charge in [0.15, 0.2) is 0 Å². The fraction of sp³-hybridized carbons (Fsp3) is 0.125. The summed E-state index contributed by atoms with van der Waals surface area (Å²) < 4.78 is 7.18. The van der Waals surface area contributed by atoms with Crippen molar-refractivity contribution >= 4 is 22.6 Å². The minimum absolute atomic E-state index is 0.0512. The van der Waals surface area contributed by atoms with Gasteiger partial charge in [-0.15, -0.1) is 0 Å². The summed E-state index contributed by atoms with van der Waals surface area (Å²) in [6.07, 6.45) is 0.0512. The molecule has 0 radical (unpaired) electrons. The fourth-order valence-electron chi connectivity index (χ4n) is 3.31. The van der Waals surface area contributed by atoms with Crippen molar-refractivity contribution < 1.29 is 9.53 Å². The molecular weight excluding hydrogens is 392 g/mol. The van der Waals surface area contributed by atoms with Gasteiger partial charge >= 0.3 is 0 Å². The van der Waals surface area contributed by atoms with E-state index in [2.05, 4.69) is 10.3 Å². The average molecular weight is 412 g/mol. The van der Waals surface area contributed by atoms with Crippen molar-refractivity contribution in [3.63, 3.8) is 0 Å². The number of nitrogens with one attached hydrogen (secondary N) is 2. The monoisotopic (exact) mass is 412 g/mol. The van der Waals surface area contributed by atoms with Gasteiger partial charge in [0.2, 0.25) is 0 Å². The van der Waals surface area contributed by atoms with Gasteiger partial charge in [-0.3, -0.25) is 14.2 Å². The molecular formula is C24H20N4O3. The van der Waals surface area contributed by atoms with E-state index in [1.807, 2.05) is 19.9 Å². The largest absolute Gasteiger partial charge is 0.491 e. The first kappa shape index (κ1) is 20.0. The van der Waals surface area contributed by atoms with Crippen molar-refractivity contribution in [3.8, 4) is 17.5 Å². The number of H-pyrrole nitrogens is 1. The molecule has 7 nitrogen and oxygen atoms in total. The molecule has 0 spiro atoms. The number of carbonyl (C=O) groups is 1. The van der Waals surface area contributed by atoms with Crippen LogP contribution in [0.3, 0.4) is 0 Å². The van der Waals surface area contributed by atoms with Gasteiger partial charge in [0.05, 0.1) is 23.4 Å². The highest BCUT2D eigenvalue weighted by molar-refractivity contribution is 6.05. The first-order chi connectivity index (χ1) is 14.9. The van der Waals surface area contributed by atoms with Crippen molar-refractivity contribution in [3.05, 3.63) is 88.3 Å². The molecule has 0 aliphatic carbocycles. The predicted molar refractivity (Wildman–Crippen MR) is 119 cm³/mol. The van der Waals surface area contributed by atoms with Crippen LogP contribution in [-0.4, -0.2) is 21.6 Å². The number of hydrogen-bond donors (Lipinski definition) is 2. The zero-order valence-corrected chi connectivity index (χ0v) is 17.0. The van der Waals surface area contributed by atoms with Crippen LogP contribution in [0.15, 0.2) is 71.5 Å². The molecule has 0 saturated carbocycles. The van der Waals surface area contributed by atoms with Crippen molar-refractivity contribution in [2.24, 2.45) is 0 Å². The van der Waals surface area contributed by atoms with Crippen molar-refractivity contribution in [2.45, 2.75) is 20.0 Å². The zero-order valence-electron chi connectivity index (χ0n) is 17.0.